The maximum atomic E-state index is 5.69. The van der Waals surface area contributed by atoms with Crippen LogP contribution in [-0.2, 0) is 4.74 Å². The van der Waals surface area contributed by atoms with E-state index in [2.05, 4.69) is 15.3 Å². The largest absolute Gasteiger partial charge is 0.476 e. The third kappa shape index (κ3) is 5.58. The predicted molar refractivity (Wildman–Crippen MR) is 74.7 cm³/mol. The predicted octanol–water partition coefficient (Wildman–Crippen LogP) is -0.382. The normalized spacial score (nSPS) is 10.6. The number of anilines is 3. The first-order valence-corrected chi connectivity index (χ1v) is 6.16. The van der Waals surface area contributed by atoms with Crippen LogP contribution in [0.1, 0.15) is 12.8 Å². The minimum atomic E-state index is 0.0550. The third-order valence-corrected chi connectivity index (χ3v) is 2.40. The van der Waals surface area contributed by atoms with Crippen LogP contribution < -0.4 is 27.3 Å². The molecule has 0 unspecified atom stereocenters. The van der Waals surface area contributed by atoms with Crippen molar-refractivity contribution in [2.75, 3.05) is 50.6 Å². The molecule has 0 amide bonds. The van der Waals surface area contributed by atoms with Crippen LogP contribution in [0.5, 0.6) is 5.88 Å². The molecule has 0 aliphatic heterocycles. The van der Waals surface area contributed by atoms with E-state index in [4.69, 9.17) is 26.7 Å². The number of methoxy groups -OCH3 is 1. The highest BCUT2D eigenvalue weighted by Gasteiger charge is 2.08. The van der Waals surface area contributed by atoms with Gasteiger partial charge in [0.25, 0.3) is 0 Å². The zero-order valence-corrected chi connectivity index (χ0v) is 11.2. The summed E-state index contributed by atoms with van der Waals surface area (Å²) in [4.78, 5) is 7.63. The number of nitrogen functional groups attached to an aromatic ring is 3. The van der Waals surface area contributed by atoms with Crippen molar-refractivity contribution < 1.29 is 9.47 Å². The fourth-order valence-corrected chi connectivity index (χ4v) is 1.43. The van der Waals surface area contributed by atoms with E-state index in [0.717, 1.165) is 32.5 Å². The van der Waals surface area contributed by atoms with Gasteiger partial charge >= 0.3 is 0 Å². The van der Waals surface area contributed by atoms with Crippen molar-refractivity contribution in [1.82, 2.24) is 15.3 Å². The van der Waals surface area contributed by atoms with Gasteiger partial charge in [-0.1, -0.05) is 0 Å². The van der Waals surface area contributed by atoms with Gasteiger partial charge in [-0.25, -0.2) is 0 Å². The van der Waals surface area contributed by atoms with Crippen LogP contribution in [0.4, 0.5) is 17.5 Å². The van der Waals surface area contributed by atoms with Crippen LogP contribution in [0.2, 0.25) is 0 Å². The molecule has 0 radical (unpaired) electrons. The van der Waals surface area contributed by atoms with Crippen molar-refractivity contribution in [3.63, 3.8) is 0 Å². The highest BCUT2D eigenvalue weighted by Crippen LogP contribution is 2.24. The second-order valence-corrected chi connectivity index (χ2v) is 3.98. The number of rotatable bonds is 9. The van der Waals surface area contributed by atoms with Crippen LogP contribution in [0.25, 0.3) is 0 Å². The van der Waals surface area contributed by atoms with Crippen molar-refractivity contribution in [1.29, 1.82) is 0 Å². The van der Waals surface area contributed by atoms with Gasteiger partial charge in [0.15, 0.2) is 5.82 Å². The summed E-state index contributed by atoms with van der Waals surface area (Å²) in [6.45, 7) is 3.01. The molecule has 0 aromatic carbocycles. The number of hydrogen-bond acceptors (Lipinski definition) is 8. The monoisotopic (exact) mass is 270 g/mol. The summed E-state index contributed by atoms with van der Waals surface area (Å²) in [6, 6.07) is 0. The van der Waals surface area contributed by atoms with Crippen LogP contribution in [-0.4, -0.2) is 43.4 Å². The quantitative estimate of drug-likeness (QED) is 0.446. The first-order valence-electron chi connectivity index (χ1n) is 6.16. The SMILES string of the molecule is COCCCNCCCOc1nc(N)nc(N)c1N. The van der Waals surface area contributed by atoms with Crippen molar-refractivity contribution in [2.24, 2.45) is 0 Å². The summed E-state index contributed by atoms with van der Waals surface area (Å²) in [6.07, 6.45) is 1.82. The van der Waals surface area contributed by atoms with Crippen molar-refractivity contribution in [3.05, 3.63) is 0 Å². The van der Waals surface area contributed by atoms with E-state index >= 15 is 0 Å². The Hall–Kier alpha value is -1.80. The second-order valence-electron chi connectivity index (χ2n) is 3.98. The van der Waals surface area contributed by atoms with Crippen LogP contribution in [0, 0.1) is 0 Å². The molecule has 0 saturated heterocycles. The van der Waals surface area contributed by atoms with Gasteiger partial charge in [-0.2, -0.15) is 9.97 Å². The fraction of sp³-hybridized carbons (Fsp3) is 0.636. The summed E-state index contributed by atoms with van der Waals surface area (Å²) >= 11 is 0. The topological polar surface area (TPSA) is 134 Å². The summed E-state index contributed by atoms with van der Waals surface area (Å²) < 4.78 is 10.4. The number of nitrogens with one attached hydrogen (secondary N) is 1. The molecule has 108 valence electrons. The van der Waals surface area contributed by atoms with Crippen molar-refractivity contribution >= 4 is 17.5 Å². The molecule has 0 aliphatic rings. The minimum absolute atomic E-state index is 0.0550. The van der Waals surface area contributed by atoms with E-state index in [1.54, 1.807) is 7.11 Å². The Bertz CT molecular complexity index is 388. The van der Waals surface area contributed by atoms with Gasteiger partial charge in [0.2, 0.25) is 11.8 Å². The summed E-state index contributed by atoms with van der Waals surface area (Å²) in [7, 11) is 1.69. The molecule has 0 spiro atoms. The Morgan fingerprint density at radius 2 is 1.74 bits per heavy atom. The second kappa shape index (κ2) is 8.33. The number of nitrogens with two attached hydrogens (primary N) is 3. The van der Waals surface area contributed by atoms with Gasteiger partial charge in [-0.15, -0.1) is 0 Å². The van der Waals surface area contributed by atoms with Crippen molar-refractivity contribution in [3.8, 4) is 5.88 Å². The Morgan fingerprint density at radius 3 is 2.42 bits per heavy atom. The lowest BCUT2D eigenvalue weighted by Gasteiger charge is -2.10. The van der Waals surface area contributed by atoms with Crippen molar-refractivity contribution in [2.45, 2.75) is 12.8 Å². The molecule has 1 aromatic heterocycles. The lowest BCUT2D eigenvalue weighted by Crippen LogP contribution is -2.20. The van der Waals surface area contributed by atoms with Crippen LogP contribution in [0.3, 0.4) is 0 Å². The lowest BCUT2D eigenvalue weighted by atomic mass is 10.4. The fourth-order valence-electron chi connectivity index (χ4n) is 1.43. The van der Waals surface area contributed by atoms with Gasteiger partial charge < -0.3 is 32.0 Å². The maximum Gasteiger partial charge on any atom is 0.244 e. The number of nitrogens with zero attached hydrogens (tertiary/aromatic N) is 2. The molecule has 8 nitrogen and oxygen atoms in total. The molecule has 1 heterocycles. The molecule has 0 aliphatic carbocycles. The van der Waals surface area contributed by atoms with E-state index in [0.29, 0.717) is 6.61 Å². The Kier molecular flexibility index (Phi) is 6.69. The zero-order chi connectivity index (χ0) is 14.1. The van der Waals surface area contributed by atoms with E-state index in [9.17, 15) is 0 Å². The van der Waals surface area contributed by atoms with Gasteiger partial charge in [-0.3, -0.25) is 0 Å². The average Bonchev–Trinajstić information content (AvgIpc) is 2.38. The summed E-state index contributed by atoms with van der Waals surface area (Å²) in [5, 5.41) is 3.27. The molecule has 0 bridgehead atoms. The molecule has 0 fully saturated rings. The molecular formula is C11H22N6O2. The standard InChI is InChI=1S/C11H22N6O2/c1-18-6-2-4-15-5-3-7-19-10-8(12)9(13)16-11(14)17-10/h15H,2-7,12H2,1H3,(H4,13,14,16,17). The van der Waals surface area contributed by atoms with E-state index < -0.39 is 0 Å². The molecule has 0 saturated carbocycles. The summed E-state index contributed by atoms with van der Waals surface area (Å²) in [5.41, 5.74) is 16.9. The van der Waals surface area contributed by atoms with E-state index in [1.165, 1.54) is 0 Å². The maximum absolute atomic E-state index is 5.69. The number of ether oxygens (including phenoxy) is 2. The number of aromatic nitrogens is 2. The van der Waals surface area contributed by atoms with E-state index in [1.807, 2.05) is 0 Å². The van der Waals surface area contributed by atoms with Gasteiger partial charge in [0, 0.05) is 13.7 Å². The van der Waals surface area contributed by atoms with E-state index in [-0.39, 0.29) is 23.3 Å². The molecular weight excluding hydrogens is 248 g/mol. The first kappa shape index (κ1) is 15.3. The van der Waals surface area contributed by atoms with Crippen LogP contribution in [0.15, 0.2) is 0 Å². The zero-order valence-electron chi connectivity index (χ0n) is 11.2. The Labute approximate surface area is 112 Å². The first-order chi connectivity index (χ1) is 9.15. The molecule has 1 aromatic rings. The molecule has 0 atom stereocenters. The van der Waals surface area contributed by atoms with Gasteiger partial charge in [0.1, 0.15) is 5.69 Å². The molecule has 1 rings (SSSR count). The Morgan fingerprint density at radius 1 is 1.05 bits per heavy atom. The van der Waals surface area contributed by atoms with Gasteiger partial charge in [-0.05, 0) is 25.9 Å². The third-order valence-electron chi connectivity index (χ3n) is 2.40. The average molecular weight is 270 g/mol. The molecule has 8 heteroatoms. The number of hydrogen-bond donors (Lipinski definition) is 4. The smallest absolute Gasteiger partial charge is 0.244 e. The van der Waals surface area contributed by atoms with Gasteiger partial charge in [0.05, 0.1) is 6.61 Å². The summed E-state index contributed by atoms with van der Waals surface area (Å²) in [5.74, 6) is 0.434. The minimum Gasteiger partial charge on any atom is -0.476 e. The lowest BCUT2D eigenvalue weighted by molar-refractivity contribution is 0.194. The highest BCUT2D eigenvalue weighted by atomic mass is 16.5. The Balaban J connectivity index is 2.19. The molecule has 19 heavy (non-hydrogen) atoms. The highest BCUT2D eigenvalue weighted by molar-refractivity contribution is 5.65. The van der Waals surface area contributed by atoms with Crippen LogP contribution >= 0.6 is 0 Å². The molecule has 7 N–H and O–H groups in total.